The number of hydrogen-bond acceptors (Lipinski definition) is 4. The molecule has 142 valence electrons. The maximum atomic E-state index is 12.5. The maximum absolute atomic E-state index is 12.5. The first-order valence-electron chi connectivity index (χ1n) is 8.59. The summed E-state index contributed by atoms with van der Waals surface area (Å²) >= 11 is 0. The van der Waals surface area contributed by atoms with Crippen molar-refractivity contribution in [2.45, 2.75) is 6.42 Å². The summed E-state index contributed by atoms with van der Waals surface area (Å²) in [5, 5.41) is 16.4. The SMILES string of the molecule is COc1cc([N+](=O)[O-])ccc1NC(=O)Nc1ccccc1Cc1ccccc1. The monoisotopic (exact) mass is 377 g/mol. The number of benzene rings is 3. The van der Waals surface area contributed by atoms with Gasteiger partial charge in [-0.05, 0) is 29.7 Å². The minimum atomic E-state index is -0.522. The van der Waals surface area contributed by atoms with E-state index in [1.165, 1.54) is 25.3 Å². The number of urea groups is 1. The molecule has 0 radical (unpaired) electrons. The first-order chi connectivity index (χ1) is 13.6. The van der Waals surface area contributed by atoms with Crippen LogP contribution in [0.15, 0.2) is 72.8 Å². The maximum Gasteiger partial charge on any atom is 0.323 e. The number of carbonyl (C=O) groups is 1. The lowest BCUT2D eigenvalue weighted by molar-refractivity contribution is -0.384. The van der Waals surface area contributed by atoms with E-state index in [1.807, 2.05) is 54.6 Å². The van der Waals surface area contributed by atoms with Gasteiger partial charge in [-0.25, -0.2) is 4.79 Å². The van der Waals surface area contributed by atoms with Gasteiger partial charge in [-0.15, -0.1) is 0 Å². The molecule has 0 spiro atoms. The van der Waals surface area contributed by atoms with Gasteiger partial charge in [0.2, 0.25) is 0 Å². The van der Waals surface area contributed by atoms with Crippen LogP contribution in [-0.4, -0.2) is 18.1 Å². The second kappa shape index (κ2) is 8.68. The van der Waals surface area contributed by atoms with Gasteiger partial charge in [0.05, 0.1) is 23.8 Å². The number of amides is 2. The lowest BCUT2D eigenvalue weighted by Gasteiger charge is -2.13. The minimum absolute atomic E-state index is 0.115. The number of non-ortho nitro benzene ring substituents is 1. The first-order valence-corrected chi connectivity index (χ1v) is 8.59. The molecule has 0 saturated carbocycles. The molecule has 2 N–H and O–H groups in total. The van der Waals surface area contributed by atoms with Crippen LogP contribution in [0.2, 0.25) is 0 Å². The number of nitrogens with one attached hydrogen (secondary N) is 2. The van der Waals surface area contributed by atoms with Gasteiger partial charge in [-0.3, -0.25) is 10.1 Å². The summed E-state index contributed by atoms with van der Waals surface area (Å²) in [5.41, 5.74) is 3.01. The average molecular weight is 377 g/mol. The molecule has 0 fully saturated rings. The van der Waals surface area contributed by atoms with Crippen molar-refractivity contribution >= 4 is 23.1 Å². The Morgan fingerprint density at radius 3 is 2.36 bits per heavy atom. The Bertz CT molecular complexity index is 990. The van der Waals surface area contributed by atoms with Crippen molar-refractivity contribution in [3.05, 3.63) is 94.0 Å². The fourth-order valence-electron chi connectivity index (χ4n) is 2.78. The van der Waals surface area contributed by atoms with Gasteiger partial charge >= 0.3 is 6.03 Å². The molecule has 3 aromatic carbocycles. The van der Waals surface area contributed by atoms with Crippen molar-refractivity contribution in [3.8, 4) is 5.75 Å². The van der Waals surface area contributed by atoms with Crippen LogP contribution in [0.25, 0.3) is 0 Å². The number of ether oxygens (including phenoxy) is 1. The number of anilines is 2. The van der Waals surface area contributed by atoms with Gasteiger partial charge in [0, 0.05) is 11.8 Å². The van der Waals surface area contributed by atoms with Crippen molar-refractivity contribution in [2.75, 3.05) is 17.7 Å². The minimum Gasteiger partial charge on any atom is -0.494 e. The Morgan fingerprint density at radius 2 is 1.64 bits per heavy atom. The van der Waals surface area contributed by atoms with Gasteiger partial charge in [-0.2, -0.15) is 0 Å². The normalized spacial score (nSPS) is 10.2. The van der Waals surface area contributed by atoms with Gasteiger partial charge in [0.25, 0.3) is 5.69 Å². The standard InChI is InChI=1S/C21H19N3O4/c1-28-20-14-17(24(26)27)11-12-19(20)23-21(25)22-18-10-6-5-9-16(18)13-15-7-3-2-4-8-15/h2-12,14H,13H2,1H3,(H2,22,23,25). The van der Waals surface area contributed by atoms with Crippen LogP contribution in [0, 0.1) is 10.1 Å². The van der Waals surface area contributed by atoms with Gasteiger partial charge in [0.15, 0.2) is 0 Å². The number of para-hydroxylation sites is 1. The molecule has 0 atom stereocenters. The Balaban J connectivity index is 1.75. The van der Waals surface area contributed by atoms with Gasteiger partial charge in [-0.1, -0.05) is 48.5 Å². The quantitative estimate of drug-likeness (QED) is 0.475. The molecule has 2 amide bonds. The summed E-state index contributed by atoms with van der Waals surface area (Å²) in [7, 11) is 1.39. The van der Waals surface area contributed by atoms with Crippen molar-refractivity contribution in [3.63, 3.8) is 0 Å². The van der Waals surface area contributed by atoms with E-state index < -0.39 is 11.0 Å². The van der Waals surface area contributed by atoms with E-state index in [0.29, 0.717) is 17.8 Å². The van der Waals surface area contributed by atoms with E-state index in [4.69, 9.17) is 4.74 Å². The first kappa shape index (κ1) is 18.9. The molecule has 0 heterocycles. The fourth-order valence-corrected chi connectivity index (χ4v) is 2.78. The second-order valence-corrected chi connectivity index (χ2v) is 6.04. The second-order valence-electron chi connectivity index (χ2n) is 6.04. The number of nitro groups is 1. The van der Waals surface area contributed by atoms with E-state index >= 15 is 0 Å². The van der Waals surface area contributed by atoms with Crippen LogP contribution in [-0.2, 0) is 6.42 Å². The molecule has 0 aliphatic carbocycles. The van der Waals surface area contributed by atoms with Crippen LogP contribution in [0.4, 0.5) is 21.9 Å². The average Bonchev–Trinajstić information content (AvgIpc) is 2.70. The van der Waals surface area contributed by atoms with Crippen LogP contribution < -0.4 is 15.4 Å². The molecule has 3 rings (SSSR count). The van der Waals surface area contributed by atoms with Crippen LogP contribution in [0.5, 0.6) is 5.75 Å². The molecule has 28 heavy (non-hydrogen) atoms. The predicted molar refractivity (Wildman–Crippen MR) is 108 cm³/mol. The Morgan fingerprint density at radius 1 is 0.964 bits per heavy atom. The molecule has 0 aromatic heterocycles. The van der Waals surface area contributed by atoms with Crippen molar-refractivity contribution in [1.82, 2.24) is 0 Å². The molecular formula is C21H19N3O4. The van der Waals surface area contributed by atoms with Crippen LogP contribution >= 0.6 is 0 Å². The van der Waals surface area contributed by atoms with E-state index in [-0.39, 0.29) is 11.4 Å². The van der Waals surface area contributed by atoms with E-state index in [1.54, 1.807) is 0 Å². The molecule has 0 bridgehead atoms. The molecule has 0 aliphatic rings. The third-order valence-electron chi connectivity index (χ3n) is 4.15. The topological polar surface area (TPSA) is 93.5 Å². The fraction of sp³-hybridized carbons (Fsp3) is 0.0952. The highest BCUT2D eigenvalue weighted by Gasteiger charge is 2.14. The lowest BCUT2D eigenvalue weighted by atomic mass is 10.0. The third kappa shape index (κ3) is 4.64. The Hall–Kier alpha value is -3.87. The molecule has 0 unspecified atom stereocenters. The highest BCUT2D eigenvalue weighted by atomic mass is 16.6. The van der Waals surface area contributed by atoms with Gasteiger partial charge < -0.3 is 15.4 Å². The van der Waals surface area contributed by atoms with E-state index in [9.17, 15) is 14.9 Å². The van der Waals surface area contributed by atoms with Gasteiger partial charge in [0.1, 0.15) is 5.75 Å². The summed E-state index contributed by atoms with van der Waals surface area (Å²) in [4.78, 5) is 22.8. The molecule has 7 nitrogen and oxygen atoms in total. The summed E-state index contributed by atoms with van der Waals surface area (Å²) < 4.78 is 5.14. The number of nitrogens with zero attached hydrogens (tertiary/aromatic N) is 1. The zero-order valence-electron chi connectivity index (χ0n) is 15.2. The van der Waals surface area contributed by atoms with E-state index in [0.717, 1.165) is 11.1 Å². The van der Waals surface area contributed by atoms with Crippen molar-refractivity contribution < 1.29 is 14.5 Å². The smallest absolute Gasteiger partial charge is 0.323 e. The molecule has 0 aliphatic heterocycles. The van der Waals surface area contributed by atoms with Crippen molar-refractivity contribution in [1.29, 1.82) is 0 Å². The zero-order chi connectivity index (χ0) is 19.9. The zero-order valence-corrected chi connectivity index (χ0v) is 15.2. The highest BCUT2D eigenvalue weighted by Crippen LogP contribution is 2.29. The van der Waals surface area contributed by atoms with Crippen LogP contribution in [0.3, 0.4) is 0 Å². The Labute approximate surface area is 162 Å². The number of nitro benzene ring substituents is 1. The number of carbonyl (C=O) groups excluding carboxylic acids is 1. The predicted octanol–water partition coefficient (Wildman–Crippen LogP) is 4.84. The Kier molecular flexibility index (Phi) is 5.86. The number of rotatable bonds is 6. The van der Waals surface area contributed by atoms with E-state index in [2.05, 4.69) is 10.6 Å². The highest BCUT2D eigenvalue weighted by molar-refractivity contribution is 6.01. The summed E-state index contributed by atoms with van der Waals surface area (Å²) in [6.45, 7) is 0. The molecular weight excluding hydrogens is 358 g/mol. The molecule has 3 aromatic rings. The number of hydrogen-bond donors (Lipinski definition) is 2. The van der Waals surface area contributed by atoms with Crippen LogP contribution in [0.1, 0.15) is 11.1 Å². The molecule has 7 heteroatoms. The summed E-state index contributed by atoms with van der Waals surface area (Å²) in [6.07, 6.45) is 0.679. The third-order valence-corrected chi connectivity index (χ3v) is 4.15. The molecule has 0 saturated heterocycles. The number of methoxy groups -OCH3 is 1. The lowest BCUT2D eigenvalue weighted by Crippen LogP contribution is -2.20. The largest absolute Gasteiger partial charge is 0.494 e. The summed E-state index contributed by atoms with van der Waals surface area (Å²) in [5.74, 6) is 0.210. The summed E-state index contributed by atoms with van der Waals surface area (Å²) in [6, 6.07) is 21.0. The van der Waals surface area contributed by atoms with Crippen molar-refractivity contribution in [2.24, 2.45) is 0 Å².